The van der Waals surface area contributed by atoms with Gasteiger partial charge in [0.1, 0.15) is 11.5 Å². The van der Waals surface area contributed by atoms with Crippen molar-refractivity contribution in [3.8, 4) is 29.0 Å². The standard InChI is InChI=1S/C20H20N6O3/c1-3-13-11-26-18(21-13)16-19(23-17(22-16)14-9-15(28-2)24-29-14)25(20(26)27)10-12-7-5-4-6-8-12/h4-9,13,21H,3,10-11H2,1-2H3. The molecule has 148 valence electrons. The van der Waals surface area contributed by atoms with Crippen LogP contribution in [0.4, 0.5) is 5.82 Å². The van der Waals surface area contributed by atoms with Gasteiger partial charge < -0.3 is 14.6 Å². The molecule has 0 bridgehead atoms. The second-order valence-electron chi connectivity index (χ2n) is 7.02. The summed E-state index contributed by atoms with van der Waals surface area (Å²) in [5.41, 5.74) is 1.54. The monoisotopic (exact) mass is 392 g/mol. The van der Waals surface area contributed by atoms with Gasteiger partial charge in [-0.25, -0.2) is 14.8 Å². The van der Waals surface area contributed by atoms with E-state index in [0.29, 0.717) is 47.9 Å². The number of aromatic nitrogens is 5. The first-order valence-electron chi connectivity index (χ1n) is 9.50. The molecule has 0 aliphatic carbocycles. The quantitative estimate of drug-likeness (QED) is 0.557. The Morgan fingerprint density at radius 3 is 2.83 bits per heavy atom. The lowest BCUT2D eigenvalue weighted by Gasteiger charge is -2.14. The molecule has 0 amide bonds. The highest BCUT2D eigenvalue weighted by molar-refractivity contribution is 5.73. The molecule has 3 aliphatic rings. The fourth-order valence-electron chi connectivity index (χ4n) is 3.63. The molecular weight excluding hydrogens is 372 g/mol. The maximum atomic E-state index is 13.3. The number of imidazole rings is 1. The van der Waals surface area contributed by atoms with Crippen molar-refractivity contribution in [2.75, 3.05) is 12.4 Å². The molecule has 1 N–H and O–H groups in total. The van der Waals surface area contributed by atoms with Crippen LogP contribution in [0.25, 0.3) is 23.1 Å². The van der Waals surface area contributed by atoms with Crippen LogP contribution in [0.15, 0.2) is 45.7 Å². The summed E-state index contributed by atoms with van der Waals surface area (Å²) in [5, 5.41) is 7.24. The van der Waals surface area contributed by atoms with Gasteiger partial charge in [0.05, 0.1) is 19.7 Å². The smallest absolute Gasteiger partial charge is 0.331 e. The first kappa shape index (κ1) is 17.5. The molecule has 1 unspecified atom stereocenters. The summed E-state index contributed by atoms with van der Waals surface area (Å²) >= 11 is 0. The number of hydrogen-bond donors (Lipinski definition) is 1. The van der Waals surface area contributed by atoms with Gasteiger partial charge in [0.15, 0.2) is 5.82 Å². The summed E-state index contributed by atoms with van der Waals surface area (Å²) in [6, 6.07) is 11.6. The van der Waals surface area contributed by atoms with E-state index in [1.165, 1.54) is 7.11 Å². The van der Waals surface area contributed by atoms with E-state index in [-0.39, 0.29) is 11.7 Å². The Balaban J connectivity index is 1.70. The minimum absolute atomic E-state index is 0.110. The molecule has 0 radical (unpaired) electrons. The topological polar surface area (TPSA) is 100 Å². The Morgan fingerprint density at radius 1 is 1.28 bits per heavy atom. The maximum absolute atomic E-state index is 13.3. The van der Waals surface area contributed by atoms with E-state index in [0.717, 1.165) is 12.0 Å². The molecule has 5 rings (SSSR count). The van der Waals surface area contributed by atoms with E-state index in [2.05, 4.69) is 27.4 Å². The predicted octanol–water partition coefficient (Wildman–Crippen LogP) is 2.46. The van der Waals surface area contributed by atoms with Gasteiger partial charge in [-0.15, -0.1) is 0 Å². The largest absolute Gasteiger partial charge is 0.479 e. The van der Waals surface area contributed by atoms with Crippen molar-refractivity contribution < 1.29 is 9.26 Å². The normalized spacial score (nSPS) is 15.4. The Labute approximate surface area is 166 Å². The average molecular weight is 392 g/mol. The van der Waals surface area contributed by atoms with Crippen LogP contribution in [-0.2, 0) is 13.1 Å². The highest BCUT2D eigenvalue weighted by Gasteiger charge is 2.32. The highest BCUT2D eigenvalue weighted by Crippen LogP contribution is 2.34. The number of benzene rings is 1. The number of fused-ring (bicyclic) bond motifs is 3. The number of nitrogens with zero attached hydrogens (tertiary/aromatic N) is 5. The Bertz CT molecular complexity index is 1190. The van der Waals surface area contributed by atoms with Crippen molar-refractivity contribution in [2.45, 2.75) is 32.5 Å². The number of rotatable bonds is 5. The lowest BCUT2D eigenvalue weighted by Crippen LogP contribution is -2.32. The minimum Gasteiger partial charge on any atom is -0.479 e. The van der Waals surface area contributed by atoms with E-state index in [1.807, 2.05) is 30.3 Å². The summed E-state index contributed by atoms with van der Waals surface area (Å²) in [6.45, 7) is 3.10. The summed E-state index contributed by atoms with van der Waals surface area (Å²) in [5.74, 6) is 2.32. The lowest BCUT2D eigenvalue weighted by atomic mass is 10.2. The van der Waals surface area contributed by atoms with E-state index in [9.17, 15) is 4.79 Å². The van der Waals surface area contributed by atoms with Crippen LogP contribution >= 0.6 is 0 Å². The average Bonchev–Trinajstić information content (AvgIpc) is 3.48. The third-order valence-electron chi connectivity index (χ3n) is 5.19. The van der Waals surface area contributed by atoms with Crippen LogP contribution in [0.1, 0.15) is 18.9 Å². The van der Waals surface area contributed by atoms with Gasteiger partial charge >= 0.3 is 5.69 Å². The zero-order valence-corrected chi connectivity index (χ0v) is 16.1. The molecular formula is C20H20N6O3. The Kier molecular flexibility index (Phi) is 4.08. The number of anilines is 1. The molecule has 0 fully saturated rings. The predicted molar refractivity (Wildman–Crippen MR) is 106 cm³/mol. The highest BCUT2D eigenvalue weighted by atomic mass is 16.5. The van der Waals surface area contributed by atoms with E-state index in [1.54, 1.807) is 15.2 Å². The van der Waals surface area contributed by atoms with Crippen LogP contribution in [0.2, 0.25) is 0 Å². The van der Waals surface area contributed by atoms with Gasteiger partial charge in [-0.2, -0.15) is 0 Å². The van der Waals surface area contributed by atoms with Crippen molar-refractivity contribution in [1.82, 2.24) is 24.3 Å². The molecule has 0 spiro atoms. The van der Waals surface area contributed by atoms with Gasteiger partial charge in [0, 0.05) is 12.6 Å². The number of nitrogens with one attached hydrogen (secondary N) is 1. The summed E-state index contributed by atoms with van der Waals surface area (Å²) in [6.07, 6.45) is 0.904. The van der Waals surface area contributed by atoms with Crippen LogP contribution in [-0.4, -0.2) is 37.4 Å². The third kappa shape index (κ3) is 2.86. The summed E-state index contributed by atoms with van der Waals surface area (Å²) < 4.78 is 13.8. The molecule has 4 heterocycles. The number of ether oxygens (including phenoxy) is 1. The Morgan fingerprint density at radius 2 is 2.10 bits per heavy atom. The fraction of sp³-hybridized carbons (Fsp3) is 0.300. The molecule has 1 atom stereocenters. The number of methoxy groups -OCH3 is 1. The maximum Gasteiger partial charge on any atom is 0.331 e. The molecule has 29 heavy (non-hydrogen) atoms. The lowest BCUT2D eigenvalue weighted by molar-refractivity contribution is 0.342. The zero-order chi connectivity index (χ0) is 20.0. The molecule has 3 aliphatic heterocycles. The second kappa shape index (κ2) is 6.77. The summed E-state index contributed by atoms with van der Waals surface area (Å²) in [7, 11) is 1.51. The van der Waals surface area contributed by atoms with Crippen molar-refractivity contribution in [1.29, 1.82) is 0 Å². The van der Waals surface area contributed by atoms with Gasteiger partial charge in [-0.1, -0.05) is 37.3 Å². The second-order valence-corrected chi connectivity index (χ2v) is 7.02. The third-order valence-corrected chi connectivity index (χ3v) is 5.19. The van der Waals surface area contributed by atoms with Gasteiger partial charge in [-0.05, 0) is 17.1 Å². The fourth-order valence-corrected chi connectivity index (χ4v) is 3.63. The molecule has 2 aromatic rings. The molecule has 0 saturated heterocycles. The van der Waals surface area contributed by atoms with Gasteiger partial charge in [0.25, 0.3) is 5.88 Å². The minimum atomic E-state index is -0.110. The zero-order valence-electron chi connectivity index (χ0n) is 16.1. The molecule has 1 aromatic carbocycles. The molecule has 0 saturated carbocycles. The van der Waals surface area contributed by atoms with Crippen LogP contribution in [0.5, 0.6) is 5.88 Å². The Hall–Kier alpha value is -3.62. The SMILES string of the molecule is CCC1Cn2c(c3nc(-c4cc(OC)no4)nc-3n(Cc3ccccc3)c2=O)N1. The first-order chi connectivity index (χ1) is 14.2. The van der Waals surface area contributed by atoms with Crippen LogP contribution < -0.4 is 15.7 Å². The van der Waals surface area contributed by atoms with E-state index in [4.69, 9.17) is 9.26 Å². The van der Waals surface area contributed by atoms with E-state index >= 15 is 0 Å². The number of hydrogen-bond acceptors (Lipinski definition) is 7. The molecule has 1 aromatic heterocycles. The van der Waals surface area contributed by atoms with Gasteiger partial charge in [0.2, 0.25) is 11.6 Å². The van der Waals surface area contributed by atoms with Crippen LogP contribution in [0, 0.1) is 0 Å². The van der Waals surface area contributed by atoms with Crippen molar-refractivity contribution in [3.05, 3.63) is 52.4 Å². The van der Waals surface area contributed by atoms with Gasteiger partial charge in [-0.3, -0.25) is 9.13 Å². The van der Waals surface area contributed by atoms with Crippen molar-refractivity contribution in [3.63, 3.8) is 0 Å². The first-order valence-corrected chi connectivity index (χ1v) is 9.50. The van der Waals surface area contributed by atoms with Crippen molar-refractivity contribution >= 4 is 5.82 Å². The van der Waals surface area contributed by atoms with Crippen molar-refractivity contribution in [2.24, 2.45) is 0 Å². The molecule has 9 heteroatoms. The summed E-state index contributed by atoms with van der Waals surface area (Å²) in [4.78, 5) is 22.6. The van der Waals surface area contributed by atoms with Crippen LogP contribution in [0.3, 0.4) is 0 Å². The molecule has 9 nitrogen and oxygen atoms in total. The van der Waals surface area contributed by atoms with E-state index < -0.39 is 0 Å².